The fourth-order valence-corrected chi connectivity index (χ4v) is 1.34. The number of aryl methyl sites for hydroxylation is 1. The molecule has 96 valence electrons. The Labute approximate surface area is 105 Å². The monoisotopic (exact) mass is 236 g/mol. The molecule has 0 saturated carbocycles. The molecule has 1 aromatic carbocycles. The molecule has 17 heavy (non-hydrogen) atoms. The maximum Gasteiger partial charge on any atom is 0.104 e. The van der Waals surface area contributed by atoms with Gasteiger partial charge in [-0.05, 0) is 18.4 Å². The molecule has 1 fully saturated rings. The first-order chi connectivity index (χ1) is 8.36. The average Bonchev–Trinajstić information content (AvgIpc) is 3.21. The predicted octanol–water partition coefficient (Wildman–Crippen LogP) is 3.45. The van der Waals surface area contributed by atoms with Crippen molar-refractivity contribution in [2.24, 2.45) is 0 Å². The quantitative estimate of drug-likeness (QED) is 0.557. The van der Waals surface area contributed by atoms with Crippen molar-refractivity contribution in [2.75, 3.05) is 19.8 Å². The Balaban J connectivity index is 0.000000171. The molecule has 1 heterocycles. The zero-order chi connectivity index (χ0) is 12.3. The Bertz CT molecular complexity index is 268. The van der Waals surface area contributed by atoms with Gasteiger partial charge in [0.05, 0.1) is 13.2 Å². The Hall–Kier alpha value is -0.860. The number of ether oxygens (including phenoxy) is 2. The third kappa shape index (κ3) is 7.94. The zero-order valence-corrected chi connectivity index (χ0v) is 11.0. The molecular formula is C15H24O2. The molecule has 2 heteroatoms. The van der Waals surface area contributed by atoms with Crippen LogP contribution in [0.25, 0.3) is 0 Å². The van der Waals surface area contributed by atoms with Gasteiger partial charge in [-0.2, -0.15) is 0 Å². The number of benzene rings is 1. The van der Waals surface area contributed by atoms with Crippen LogP contribution in [0.1, 0.15) is 32.3 Å². The number of hydrogen-bond donors (Lipinski definition) is 0. The van der Waals surface area contributed by atoms with Gasteiger partial charge in [0.2, 0.25) is 0 Å². The van der Waals surface area contributed by atoms with E-state index in [4.69, 9.17) is 9.47 Å². The highest BCUT2D eigenvalue weighted by atomic mass is 16.6. The largest absolute Gasteiger partial charge is 0.379 e. The van der Waals surface area contributed by atoms with E-state index >= 15 is 0 Å². The van der Waals surface area contributed by atoms with Crippen LogP contribution < -0.4 is 0 Å². The van der Waals surface area contributed by atoms with Crippen LogP contribution in [0, 0.1) is 0 Å². The summed E-state index contributed by atoms with van der Waals surface area (Å²) in [6, 6.07) is 10.5. The molecule has 0 amide bonds. The highest BCUT2D eigenvalue weighted by Gasteiger charge is 2.21. The second-order valence-corrected chi connectivity index (χ2v) is 4.22. The fourth-order valence-electron chi connectivity index (χ4n) is 1.34. The number of hydrogen-bond acceptors (Lipinski definition) is 2. The van der Waals surface area contributed by atoms with Crippen molar-refractivity contribution < 1.29 is 9.47 Å². The molecular weight excluding hydrogens is 212 g/mol. The van der Waals surface area contributed by atoms with Crippen LogP contribution in [0.15, 0.2) is 30.3 Å². The minimum absolute atomic E-state index is 0.432. The Kier molecular flexibility index (Phi) is 7.69. The maximum atomic E-state index is 5.27. The van der Waals surface area contributed by atoms with E-state index < -0.39 is 0 Å². The van der Waals surface area contributed by atoms with Crippen LogP contribution in [0.4, 0.5) is 0 Å². The van der Waals surface area contributed by atoms with Gasteiger partial charge in [-0.15, -0.1) is 0 Å². The van der Waals surface area contributed by atoms with E-state index in [1.807, 2.05) is 6.07 Å². The van der Waals surface area contributed by atoms with Crippen molar-refractivity contribution in [1.82, 2.24) is 0 Å². The first-order valence-corrected chi connectivity index (χ1v) is 6.60. The predicted molar refractivity (Wildman–Crippen MR) is 71.3 cm³/mol. The lowest BCUT2D eigenvalue weighted by atomic mass is 10.2. The molecule has 1 aliphatic heterocycles. The summed E-state index contributed by atoms with van der Waals surface area (Å²) in [4.78, 5) is 0. The molecule has 0 bridgehead atoms. The van der Waals surface area contributed by atoms with Crippen LogP contribution >= 0.6 is 0 Å². The SMILES string of the molecule is CCCCOCC1CO1.CCc1ccccc1. The molecule has 1 aromatic rings. The van der Waals surface area contributed by atoms with Gasteiger partial charge in [0.25, 0.3) is 0 Å². The molecule has 0 spiro atoms. The third-order valence-electron chi connectivity index (χ3n) is 2.60. The molecule has 0 radical (unpaired) electrons. The second kappa shape index (κ2) is 9.20. The Morgan fingerprint density at radius 3 is 2.41 bits per heavy atom. The van der Waals surface area contributed by atoms with Crippen LogP contribution in [0.3, 0.4) is 0 Å². The number of unbranched alkanes of at least 4 members (excludes halogenated alkanes) is 1. The van der Waals surface area contributed by atoms with Crippen molar-refractivity contribution in [3.63, 3.8) is 0 Å². The summed E-state index contributed by atoms with van der Waals surface area (Å²) < 4.78 is 10.2. The van der Waals surface area contributed by atoms with Crippen LogP contribution in [-0.4, -0.2) is 25.9 Å². The van der Waals surface area contributed by atoms with Crippen LogP contribution in [0.2, 0.25) is 0 Å². The summed E-state index contributed by atoms with van der Waals surface area (Å²) in [7, 11) is 0. The van der Waals surface area contributed by atoms with Gasteiger partial charge in [0.15, 0.2) is 0 Å². The van der Waals surface area contributed by atoms with Gasteiger partial charge in [-0.1, -0.05) is 50.6 Å². The Morgan fingerprint density at radius 1 is 1.24 bits per heavy atom. The lowest BCUT2D eigenvalue weighted by Gasteiger charge is -1.97. The second-order valence-electron chi connectivity index (χ2n) is 4.22. The fraction of sp³-hybridized carbons (Fsp3) is 0.600. The summed E-state index contributed by atoms with van der Waals surface area (Å²) in [5.74, 6) is 0. The molecule has 2 nitrogen and oxygen atoms in total. The average molecular weight is 236 g/mol. The topological polar surface area (TPSA) is 21.8 Å². The van der Waals surface area contributed by atoms with Crippen molar-refractivity contribution in [1.29, 1.82) is 0 Å². The number of rotatable bonds is 6. The Morgan fingerprint density at radius 2 is 1.94 bits per heavy atom. The van der Waals surface area contributed by atoms with Gasteiger partial charge < -0.3 is 9.47 Å². The van der Waals surface area contributed by atoms with Crippen molar-refractivity contribution in [3.8, 4) is 0 Å². The van der Waals surface area contributed by atoms with E-state index in [0.29, 0.717) is 6.10 Å². The first-order valence-electron chi connectivity index (χ1n) is 6.60. The standard InChI is InChI=1S/C8H10.C7H14O2/c1-2-8-6-4-3-5-7-8;1-2-3-4-8-5-7-6-9-7/h3-7H,2H2,1H3;7H,2-6H2,1H3. The summed E-state index contributed by atoms with van der Waals surface area (Å²) >= 11 is 0. The smallest absolute Gasteiger partial charge is 0.104 e. The van der Waals surface area contributed by atoms with E-state index in [1.165, 1.54) is 18.4 Å². The van der Waals surface area contributed by atoms with E-state index in [-0.39, 0.29) is 0 Å². The molecule has 1 unspecified atom stereocenters. The maximum absolute atomic E-state index is 5.27. The van der Waals surface area contributed by atoms with Gasteiger partial charge in [0, 0.05) is 6.61 Å². The molecule has 0 aliphatic carbocycles. The molecule has 0 N–H and O–H groups in total. The van der Waals surface area contributed by atoms with E-state index in [9.17, 15) is 0 Å². The highest BCUT2D eigenvalue weighted by Crippen LogP contribution is 2.08. The minimum Gasteiger partial charge on any atom is -0.379 e. The summed E-state index contributed by atoms with van der Waals surface area (Å²) in [5, 5.41) is 0. The lowest BCUT2D eigenvalue weighted by Crippen LogP contribution is -2.01. The van der Waals surface area contributed by atoms with Crippen LogP contribution in [-0.2, 0) is 15.9 Å². The highest BCUT2D eigenvalue weighted by molar-refractivity contribution is 5.13. The number of epoxide rings is 1. The molecule has 1 aliphatic rings. The first kappa shape index (κ1) is 14.2. The van der Waals surface area contributed by atoms with Gasteiger partial charge in [0.1, 0.15) is 6.10 Å². The molecule has 2 rings (SSSR count). The van der Waals surface area contributed by atoms with E-state index in [0.717, 1.165) is 26.2 Å². The molecule has 1 saturated heterocycles. The van der Waals surface area contributed by atoms with Crippen molar-refractivity contribution in [3.05, 3.63) is 35.9 Å². The molecule has 1 atom stereocenters. The third-order valence-corrected chi connectivity index (χ3v) is 2.60. The lowest BCUT2D eigenvalue weighted by molar-refractivity contribution is 0.114. The zero-order valence-electron chi connectivity index (χ0n) is 11.0. The normalized spacial score (nSPS) is 17.2. The summed E-state index contributed by atoms with van der Waals surface area (Å²) in [6.45, 7) is 6.94. The van der Waals surface area contributed by atoms with Crippen LogP contribution in [0.5, 0.6) is 0 Å². The van der Waals surface area contributed by atoms with Crippen molar-refractivity contribution in [2.45, 2.75) is 39.2 Å². The van der Waals surface area contributed by atoms with Crippen molar-refractivity contribution >= 4 is 0 Å². The molecule has 0 aromatic heterocycles. The van der Waals surface area contributed by atoms with E-state index in [2.05, 4.69) is 38.1 Å². The van der Waals surface area contributed by atoms with Gasteiger partial charge in [-0.25, -0.2) is 0 Å². The minimum atomic E-state index is 0.432. The van der Waals surface area contributed by atoms with Gasteiger partial charge in [-0.3, -0.25) is 0 Å². The summed E-state index contributed by atoms with van der Waals surface area (Å²) in [6.07, 6.45) is 3.96. The van der Waals surface area contributed by atoms with Gasteiger partial charge >= 0.3 is 0 Å². The summed E-state index contributed by atoms with van der Waals surface area (Å²) in [5.41, 5.74) is 1.41. The van der Waals surface area contributed by atoms with E-state index in [1.54, 1.807) is 0 Å².